The van der Waals surface area contributed by atoms with Crippen LogP contribution in [0.5, 0.6) is 0 Å². The van der Waals surface area contributed by atoms with Crippen molar-refractivity contribution in [3.05, 3.63) is 36.5 Å². The van der Waals surface area contributed by atoms with E-state index in [1.807, 2.05) is 6.08 Å². The summed E-state index contributed by atoms with van der Waals surface area (Å²) in [5.41, 5.74) is 0. The van der Waals surface area contributed by atoms with Gasteiger partial charge in [-0.3, -0.25) is 4.79 Å². The van der Waals surface area contributed by atoms with Crippen molar-refractivity contribution in [1.82, 2.24) is 5.32 Å². The van der Waals surface area contributed by atoms with Gasteiger partial charge in [-0.15, -0.1) is 0 Å². The molecule has 0 saturated carbocycles. The first kappa shape index (κ1) is 84.3. The summed E-state index contributed by atoms with van der Waals surface area (Å²) in [6, 6.07) is -0.914. The highest BCUT2D eigenvalue weighted by Gasteiger charge is 2.51. The first-order chi connectivity index (χ1) is 44.1. The zero-order valence-corrected chi connectivity index (χ0v) is 57.9. The van der Waals surface area contributed by atoms with Crippen LogP contribution >= 0.6 is 0 Å². The van der Waals surface area contributed by atoms with Crippen molar-refractivity contribution in [2.24, 2.45) is 0 Å². The smallest absolute Gasteiger partial charge is 0.220 e. The third-order valence-electron chi connectivity index (χ3n) is 18.8. The SMILES string of the molecule is CCCCCCC/C=C\C/C=C\CCCCCCCCCCCCCCCCCCCCCCCC(=O)NC(COC1OC(CO)C(OC2OC(CO)C(O)C(O)C2O)C(O)C1O)C(O)/C=C/CCCCCCCCCCCCCCCCCCCCCCC. The number of nitrogens with one attached hydrogen (secondary N) is 1. The van der Waals surface area contributed by atoms with Crippen molar-refractivity contribution < 1.29 is 64.6 Å². The predicted octanol–water partition coefficient (Wildman–Crippen LogP) is 16.5. The molecule has 14 heteroatoms. The van der Waals surface area contributed by atoms with Crippen LogP contribution in [0.4, 0.5) is 0 Å². The van der Waals surface area contributed by atoms with E-state index < -0.39 is 86.8 Å². The largest absolute Gasteiger partial charge is 0.394 e. The summed E-state index contributed by atoms with van der Waals surface area (Å²) in [6.07, 6.45) is 62.1. The minimum absolute atomic E-state index is 0.232. The van der Waals surface area contributed by atoms with Gasteiger partial charge in [-0.25, -0.2) is 0 Å². The molecule has 530 valence electrons. The van der Waals surface area contributed by atoms with Crippen LogP contribution in [-0.2, 0) is 23.7 Å². The van der Waals surface area contributed by atoms with Crippen LogP contribution in [0, 0.1) is 0 Å². The molecule has 90 heavy (non-hydrogen) atoms. The number of aliphatic hydroxyl groups excluding tert-OH is 8. The Hall–Kier alpha value is -1.79. The number of ether oxygens (including phenoxy) is 4. The molecule has 2 rings (SSSR count). The van der Waals surface area contributed by atoms with Crippen LogP contribution in [0.15, 0.2) is 36.5 Å². The van der Waals surface area contributed by atoms with Crippen LogP contribution in [0.2, 0.25) is 0 Å². The number of carbonyl (C=O) groups excluding carboxylic acids is 1. The summed E-state index contributed by atoms with van der Waals surface area (Å²) in [5.74, 6) is -0.232. The van der Waals surface area contributed by atoms with Crippen molar-refractivity contribution in [1.29, 1.82) is 0 Å². The highest BCUT2D eigenvalue weighted by atomic mass is 16.7. The van der Waals surface area contributed by atoms with Crippen molar-refractivity contribution >= 4 is 5.91 Å². The molecule has 1 amide bonds. The Kier molecular flexibility index (Phi) is 57.0. The Morgan fingerprint density at radius 3 is 1.11 bits per heavy atom. The molecule has 14 nitrogen and oxygen atoms in total. The van der Waals surface area contributed by atoms with E-state index in [-0.39, 0.29) is 18.9 Å². The number of hydrogen-bond donors (Lipinski definition) is 9. The Labute approximate surface area is 551 Å². The van der Waals surface area contributed by atoms with E-state index in [0.29, 0.717) is 6.42 Å². The second kappa shape index (κ2) is 60.8. The van der Waals surface area contributed by atoms with E-state index in [1.165, 1.54) is 276 Å². The molecular formula is C76H143NO13. The van der Waals surface area contributed by atoms with Crippen LogP contribution < -0.4 is 5.32 Å². The minimum Gasteiger partial charge on any atom is -0.394 e. The normalized spacial score (nSPS) is 23.0. The van der Waals surface area contributed by atoms with Crippen LogP contribution in [-0.4, -0.2) is 140 Å². The fourth-order valence-electron chi connectivity index (χ4n) is 12.7. The lowest BCUT2D eigenvalue weighted by Gasteiger charge is -2.46. The fraction of sp³-hybridized carbons (Fsp3) is 0.908. The summed E-state index contributed by atoms with van der Waals surface area (Å²) in [4.78, 5) is 13.4. The van der Waals surface area contributed by atoms with Crippen LogP contribution in [0.3, 0.4) is 0 Å². The van der Waals surface area contributed by atoms with Crippen molar-refractivity contribution in [2.75, 3.05) is 19.8 Å². The topological polar surface area (TPSA) is 228 Å². The van der Waals surface area contributed by atoms with E-state index in [9.17, 15) is 45.6 Å². The lowest BCUT2D eigenvalue weighted by molar-refractivity contribution is -0.359. The fourth-order valence-corrected chi connectivity index (χ4v) is 12.7. The van der Waals surface area contributed by atoms with E-state index in [0.717, 1.165) is 44.9 Å². The molecule has 9 N–H and O–H groups in total. The highest BCUT2D eigenvalue weighted by molar-refractivity contribution is 5.76. The molecule has 0 aromatic heterocycles. The Morgan fingerprint density at radius 1 is 0.400 bits per heavy atom. The van der Waals surface area contributed by atoms with Crippen molar-refractivity contribution in [2.45, 2.75) is 421 Å². The lowest BCUT2D eigenvalue weighted by Crippen LogP contribution is -2.65. The number of amides is 1. The number of allylic oxidation sites excluding steroid dienone is 5. The van der Waals surface area contributed by atoms with Gasteiger partial charge < -0.3 is 65.1 Å². The average Bonchev–Trinajstić information content (AvgIpc) is 1.41. The Bertz CT molecular complexity index is 1650. The number of unbranched alkanes of at least 4 members (excludes halogenated alkanes) is 47. The third-order valence-corrected chi connectivity index (χ3v) is 18.8. The van der Waals surface area contributed by atoms with Gasteiger partial charge in [0.2, 0.25) is 5.91 Å². The molecular weight excluding hydrogens is 1130 g/mol. The Morgan fingerprint density at radius 2 is 0.733 bits per heavy atom. The van der Waals surface area contributed by atoms with E-state index in [2.05, 4.69) is 43.5 Å². The highest BCUT2D eigenvalue weighted by Crippen LogP contribution is 2.30. The maximum Gasteiger partial charge on any atom is 0.220 e. The standard InChI is InChI=1S/C76H143NO13/c1-3-5-7-9-11-13-15-17-19-21-23-25-27-28-29-30-31-32-33-34-35-36-38-40-42-44-46-48-50-52-54-56-58-60-68(81)77-64(63-87-75-73(86)71(84)74(67(62-79)89-75)90-76-72(85)70(83)69(82)66(61-78)88-76)65(80)59-57-55-53-51-49-47-45-43-41-39-37-26-24-22-20-18-16-14-12-10-8-6-4-2/h15,17,21,23,57,59,64-67,69-76,78-80,82-86H,3-14,16,18-20,22,24-56,58,60-63H2,1-2H3,(H,77,81)/b17-15-,23-21-,59-57+. The maximum absolute atomic E-state index is 13.4. The zero-order chi connectivity index (χ0) is 65.2. The molecule has 0 aromatic carbocycles. The van der Waals surface area contributed by atoms with Gasteiger partial charge in [0.15, 0.2) is 12.6 Å². The summed E-state index contributed by atoms with van der Waals surface area (Å²) >= 11 is 0. The summed E-state index contributed by atoms with van der Waals surface area (Å²) in [7, 11) is 0. The molecule has 0 radical (unpaired) electrons. The van der Waals surface area contributed by atoms with Gasteiger partial charge in [0.25, 0.3) is 0 Å². The second-order valence-corrected chi connectivity index (χ2v) is 27.1. The van der Waals surface area contributed by atoms with Crippen molar-refractivity contribution in [3.63, 3.8) is 0 Å². The molecule has 2 aliphatic rings. The summed E-state index contributed by atoms with van der Waals surface area (Å²) < 4.78 is 22.9. The van der Waals surface area contributed by atoms with Crippen LogP contribution in [0.25, 0.3) is 0 Å². The third kappa shape index (κ3) is 44.0. The lowest BCUT2D eigenvalue weighted by atomic mass is 9.97. The van der Waals surface area contributed by atoms with Gasteiger partial charge in [-0.2, -0.15) is 0 Å². The summed E-state index contributed by atoms with van der Waals surface area (Å²) in [6.45, 7) is 2.85. The molecule has 0 aromatic rings. The molecule has 0 spiro atoms. The monoisotopic (exact) mass is 1280 g/mol. The van der Waals surface area contributed by atoms with E-state index >= 15 is 0 Å². The first-order valence-corrected chi connectivity index (χ1v) is 38.2. The van der Waals surface area contributed by atoms with E-state index in [4.69, 9.17) is 18.9 Å². The number of carbonyl (C=O) groups is 1. The van der Waals surface area contributed by atoms with Crippen LogP contribution in [0.1, 0.15) is 348 Å². The van der Waals surface area contributed by atoms with Gasteiger partial charge in [0.05, 0.1) is 32.0 Å². The average molecular weight is 1280 g/mol. The second-order valence-electron chi connectivity index (χ2n) is 27.1. The molecule has 2 aliphatic heterocycles. The molecule has 12 atom stereocenters. The van der Waals surface area contributed by atoms with Gasteiger partial charge in [0.1, 0.15) is 48.8 Å². The molecule has 2 saturated heterocycles. The molecule has 2 fully saturated rings. The quantitative estimate of drug-likeness (QED) is 0.0204. The Balaban J connectivity index is 1.62. The number of aliphatic hydroxyl groups is 8. The maximum atomic E-state index is 13.4. The van der Waals surface area contributed by atoms with Gasteiger partial charge in [0, 0.05) is 6.42 Å². The zero-order valence-electron chi connectivity index (χ0n) is 57.9. The predicted molar refractivity (Wildman–Crippen MR) is 369 cm³/mol. The number of hydrogen-bond acceptors (Lipinski definition) is 13. The van der Waals surface area contributed by atoms with Gasteiger partial charge in [-0.1, -0.05) is 326 Å². The molecule has 0 bridgehead atoms. The van der Waals surface area contributed by atoms with Gasteiger partial charge in [-0.05, 0) is 51.4 Å². The number of rotatable bonds is 64. The molecule has 12 unspecified atom stereocenters. The molecule has 0 aliphatic carbocycles. The first-order valence-electron chi connectivity index (χ1n) is 38.2. The van der Waals surface area contributed by atoms with E-state index in [1.54, 1.807) is 6.08 Å². The van der Waals surface area contributed by atoms with Gasteiger partial charge >= 0.3 is 0 Å². The van der Waals surface area contributed by atoms with Crippen molar-refractivity contribution in [3.8, 4) is 0 Å². The minimum atomic E-state index is -1.79. The summed E-state index contributed by atoms with van der Waals surface area (Å²) in [5, 5.41) is 87.6. The molecule has 2 heterocycles.